The summed E-state index contributed by atoms with van der Waals surface area (Å²) in [7, 11) is 1.56. The molecular weight excluding hydrogens is 262 g/mol. The van der Waals surface area contributed by atoms with Crippen molar-refractivity contribution in [2.24, 2.45) is 0 Å². The minimum absolute atomic E-state index is 0.212. The molecule has 2 aromatic carbocycles. The van der Waals surface area contributed by atoms with Gasteiger partial charge in [-0.25, -0.2) is 8.78 Å². The molecule has 0 aliphatic rings. The lowest BCUT2D eigenvalue weighted by Gasteiger charge is -2.14. The van der Waals surface area contributed by atoms with Crippen molar-refractivity contribution in [3.05, 3.63) is 64.7 Å². The maximum atomic E-state index is 13.1. The number of aliphatic hydroxyl groups is 1. The second-order valence-corrected chi connectivity index (χ2v) is 4.70. The maximum absolute atomic E-state index is 13.1. The Bertz CT molecular complexity index is 611. The van der Waals surface area contributed by atoms with Crippen molar-refractivity contribution in [1.29, 1.82) is 0 Å². The van der Waals surface area contributed by atoms with Crippen LogP contribution in [0, 0.1) is 18.6 Å². The zero-order valence-electron chi connectivity index (χ0n) is 11.4. The topological polar surface area (TPSA) is 29.5 Å². The van der Waals surface area contributed by atoms with E-state index in [1.165, 1.54) is 6.07 Å². The molecule has 0 spiro atoms. The van der Waals surface area contributed by atoms with E-state index in [1.807, 2.05) is 13.0 Å². The number of aliphatic hydroxyl groups excluding tert-OH is 1. The smallest absolute Gasteiger partial charge is 0.159 e. The molecule has 1 atom stereocenters. The van der Waals surface area contributed by atoms with Gasteiger partial charge in [-0.2, -0.15) is 0 Å². The average Bonchev–Trinajstić information content (AvgIpc) is 2.43. The fourth-order valence-corrected chi connectivity index (χ4v) is 2.05. The van der Waals surface area contributed by atoms with Gasteiger partial charge in [0.15, 0.2) is 11.6 Å². The lowest BCUT2D eigenvalue weighted by Crippen LogP contribution is -2.03. The van der Waals surface area contributed by atoms with Crippen LogP contribution in [0.4, 0.5) is 8.78 Å². The average molecular weight is 278 g/mol. The molecule has 20 heavy (non-hydrogen) atoms. The van der Waals surface area contributed by atoms with Crippen LogP contribution in [0.25, 0.3) is 0 Å². The Labute approximate surface area is 116 Å². The Hall–Kier alpha value is -1.94. The Morgan fingerprint density at radius 2 is 1.85 bits per heavy atom. The summed E-state index contributed by atoms with van der Waals surface area (Å²) in [5, 5.41) is 10.2. The number of methoxy groups -OCH3 is 1. The molecule has 0 aliphatic heterocycles. The van der Waals surface area contributed by atoms with E-state index in [4.69, 9.17) is 4.74 Å². The second-order valence-electron chi connectivity index (χ2n) is 4.70. The van der Waals surface area contributed by atoms with E-state index in [1.54, 1.807) is 19.2 Å². The normalized spacial score (nSPS) is 12.2. The van der Waals surface area contributed by atoms with E-state index in [-0.39, 0.29) is 6.42 Å². The molecule has 2 nitrogen and oxygen atoms in total. The molecule has 0 bridgehead atoms. The van der Waals surface area contributed by atoms with E-state index >= 15 is 0 Å². The number of hydrogen-bond acceptors (Lipinski definition) is 2. The van der Waals surface area contributed by atoms with Crippen molar-refractivity contribution < 1.29 is 18.6 Å². The molecule has 0 heterocycles. The quantitative estimate of drug-likeness (QED) is 0.926. The highest BCUT2D eigenvalue weighted by Crippen LogP contribution is 2.25. The molecule has 0 saturated carbocycles. The number of benzene rings is 2. The fourth-order valence-electron chi connectivity index (χ4n) is 2.05. The molecule has 0 amide bonds. The summed E-state index contributed by atoms with van der Waals surface area (Å²) in [5.41, 5.74) is 2.18. The SMILES string of the molecule is COc1cc(C(O)Cc2ccc(F)c(F)c2)ccc1C. The van der Waals surface area contributed by atoms with Gasteiger partial charge in [0, 0.05) is 6.42 Å². The van der Waals surface area contributed by atoms with E-state index < -0.39 is 17.7 Å². The first-order chi connectivity index (χ1) is 9.51. The number of aryl methyl sites for hydroxylation is 1. The van der Waals surface area contributed by atoms with E-state index in [0.717, 1.165) is 17.7 Å². The number of hydrogen-bond donors (Lipinski definition) is 1. The predicted molar refractivity (Wildman–Crippen MR) is 72.8 cm³/mol. The molecule has 1 N–H and O–H groups in total. The van der Waals surface area contributed by atoms with Gasteiger partial charge in [0.2, 0.25) is 0 Å². The lowest BCUT2D eigenvalue weighted by atomic mass is 10.00. The first-order valence-corrected chi connectivity index (χ1v) is 6.28. The third-order valence-corrected chi connectivity index (χ3v) is 3.23. The van der Waals surface area contributed by atoms with E-state index in [0.29, 0.717) is 16.9 Å². The van der Waals surface area contributed by atoms with Gasteiger partial charge in [-0.05, 0) is 41.8 Å². The molecule has 2 aromatic rings. The summed E-state index contributed by atoms with van der Waals surface area (Å²) in [6.45, 7) is 1.91. The standard InChI is InChI=1S/C16H16F2O2/c1-10-3-5-12(9-16(10)20-2)15(19)8-11-4-6-13(17)14(18)7-11/h3-7,9,15,19H,8H2,1-2H3. The van der Waals surface area contributed by atoms with Crippen LogP contribution in [0.15, 0.2) is 36.4 Å². The van der Waals surface area contributed by atoms with Crippen LogP contribution in [0.3, 0.4) is 0 Å². The summed E-state index contributed by atoms with van der Waals surface area (Å²) in [6.07, 6.45) is -0.585. The second kappa shape index (κ2) is 6.01. The number of halogens is 2. The van der Waals surface area contributed by atoms with Gasteiger partial charge in [-0.15, -0.1) is 0 Å². The van der Waals surface area contributed by atoms with Crippen LogP contribution >= 0.6 is 0 Å². The molecule has 0 saturated heterocycles. The van der Waals surface area contributed by atoms with Crippen LogP contribution in [0.2, 0.25) is 0 Å². The van der Waals surface area contributed by atoms with Crippen molar-refractivity contribution in [1.82, 2.24) is 0 Å². The summed E-state index contributed by atoms with van der Waals surface area (Å²) in [4.78, 5) is 0. The van der Waals surface area contributed by atoms with Crippen LogP contribution in [0.5, 0.6) is 5.75 Å². The molecule has 0 radical (unpaired) electrons. The van der Waals surface area contributed by atoms with Gasteiger partial charge in [-0.3, -0.25) is 0 Å². The zero-order chi connectivity index (χ0) is 14.7. The van der Waals surface area contributed by atoms with Gasteiger partial charge in [0.1, 0.15) is 5.75 Å². The van der Waals surface area contributed by atoms with Gasteiger partial charge < -0.3 is 9.84 Å². The Morgan fingerprint density at radius 1 is 1.10 bits per heavy atom. The molecule has 1 unspecified atom stereocenters. The monoisotopic (exact) mass is 278 g/mol. The maximum Gasteiger partial charge on any atom is 0.159 e. The first-order valence-electron chi connectivity index (χ1n) is 6.28. The third-order valence-electron chi connectivity index (χ3n) is 3.23. The molecule has 0 aromatic heterocycles. The van der Waals surface area contributed by atoms with Crippen molar-refractivity contribution in [2.75, 3.05) is 7.11 Å². The Morgan fingerprint density at radius 3 is 2.50 bits per heavy atom. The van der Waals surface area contributed by atoms with Crippen molar-refractivity contribution in [3.8, 4) is 5.75 Å². The van der Waals surface area contributed by atoms with Gasteiger partial charge in [0.25, 0.3) is 0 Å². The highest BCUT2D eigenvalue weighted by Gasteiger charge is 2.12. The lowest BCUT2D eigenvalue weighted by molar-refractivity contribution is 0.178. The van der Waals surface area contributed by atoms with Crippen molar-refractivity contribution >= 4 is 0 Å². The van der Waals surface area contributed by atoms with Crippen LogP contribution < -0.4 is 4.74 Å². The van der Waals surface area contributed by atoms with Gasteiger partial charge in [0.05, 0.1) is 13.2 Å². The van der Waals surface area contributed by atoms with Gasteiger partial charge in [-0.1, -0.05) is 18.2 Å². The minimum Gasteiger partial charge on any atom is -0.496 e. The number of rotatable bonds is 4. The largest absolute Gasteiger partial charge is 0.496 e. The summed E-state index contributed by atoms with van der Waals surface area (Å²) < 4.78 is 31.2. The van der Waals surface area contributed by atoms with E-state index in [9.17, 15) is 13.9 Å². The Balaban J connectivity index is 2.19. The molecule has 0 aliphatic carbocycles. The predicted octanol–water partition coefficient (Wildman–Crippen LogP) is 3.56. The minimum atomic E-state index is -0.906. The third kappa shape index (κ3) is 3.14. The first kappa shape index (κ1) is 14.5. The highest BCUT2D eigenvalue weighted by molar-refractivity contribution is 5.38. The summed E-state index contributed by atoms with van der Waals surface area (Å²) in [5.74, 6) is -1.11. The van der Waals surface area contributed by atoms with Gasteiger partial charge >= 0.3 is 0 Å². The molecule has 4 heteroatoms. The van der Waals surface area contributed by atoms with Crippen LogP contribution in [0.1, 0.15) is 22.8 Å². The van der Waals surface area contributed by atoms with E-state index in [2.05, 4.69) is 0 Å². The summed E-state index contributed by atoms with van der Waals surface area (Å²) in [6, 6.07) is 9.02. The molecular formula is C16H16F2O2. The van der Waals surface area contributed by atoms with Crippen LogP contribution in [-0.4, -0.2) is 12.2 Å². The number of ether oxygens (including phenoxy) is 1. The molecule has 2 rings (SSSR count). The zero-order valence-corrected chi connectivity index (χ0v) is 11.4. The Kier molecular flexibility index (Phi) is 4.35. The molecule has 106 valence electrons. The fraction of sp³-hybridized carbons (Fsp3) is 0.250. The van der Waals surface area contributed by atoms with Crippen molar-refractivity contribution in [2.45, 2.75) is 19.4 Å². The van der Waals surface area contributed by atoms with Crippen molar-refractivity contribution in [3.63, 3.8) is 0 Å². The molecule has 0 fully saturated rings. The highest BCUT2D eigenvalue weighted by atomic mass is 19.2. The van der Waals surface area contributed by atoms with Crippen LogP contribution in [-0.2, 0) is 6.42 Å². The summed E-state index contributed by atoms with van der Waals surface area (Å²) >= 11 is 0.